The average Bonchev–Trinajstić information content (AvgIpc) is 2.64. The van der Waals surface area contributed by atoms with Gasteiger partial charge in [-0.1, -0.05) is 36.4 Å². The Labute approximate surface area is 146 Å². The number of carbonyl (C=O) groups excluding carboxylic acids is 3. The minimum absolute atomic E-state index is 0.00634. The van der Waals surface area contributed by atoms with Gasteiger partial charge in [-0.05, 0) is 11.6 Å². The van der Waals surface area contributed by atoms with E-state index in [2.05, 4.69) is 16.6 Å². The maximum absolute atomic E-state index is 12.2. The van der Waals surface area contributed by atoms with Crippen molar-refractivity contribution in [1.29, 1.82) is 0 Å². The van der Waals surface area contributed by atoms with Crippen molar-refractivity contribution in [1.82, 2.24) is 5.32 Å². The number of amides is 1. The Morgan fingerprint density at radius 3 is 2.40 bits per heavy atom. The third-order valence-electron chi connectivity index (χ3n) is 3.26. The van der Waals surface area contributed by atoms with Crippen LogP contribution >= 0.6 is 0 Å². The summed E-state index contributed by atoms with van der Waals surface area (Å²) in [7, 11) is 2.37. The number of benzene rings is 1. The summed E-state index contributed by atoms with van der Waals surface area (Å²) in [6, 6.07) is 9.05. The monoisotopic (exact) mass is 347 g/mol. The zero-order chi connectivity index (χ0) is 18.7. The van der Waals surface area contributed by atoms with Gasteiger partial charge in [0.05, 0.1) is 14.2 Å². The highest BCUT2D eigenvalue weighted by Gasteiger charge is 2.38. The molecule has 1 rings (SSSR count). The number of ether oxygens (including phenoxy) is 3. The number of rotatable bonds is 8. The summed E-state index contributed by atoms with van der Waals surface area (Å²) in [5, 5.41) is 2.43. The van der Waals surface area contributed by atoms with Gasteiger partial charge in [0.1, 0.15) is 6.61 Å². The van der Waals surface area contributed by atoms with Crippen LogP contribution in [-0.4, -0.2) is 37.8 Å². The fourth-order valence-electron chi connectivity index (χ4n) is 1.99. The summed E-state index contributed by atoms with van der Waals surface area (Å²) < 4.78 is 14.4. The van der Waals surface area contributed by atoms with Crippen LogP contribution in [-0.2, 0) is 30.4 Å². The van der Waals surface area contributed by atoms with Crippen molar-refractivity contribution in [3.63, 3.8) is 0 Å². The van der Waals surface area contributed by atoms with Crippen molar-refractivity contribution in [3.8, 4) is 0 Å². The van der Waals surface area contributed by atoms with Crippen molar-refractivity contribution in [2.24, 2.45) is 0 Å². The molecule has 0 aliphatic rings. The molecule has 0 unspecified atom stereocenters. The molecule has 25 heavy (non-hydrogen) atoms. The first-order valence-electron chi connectivity index (χ1n) is 7.42. The van der Waals surface area contributed by atoms with E-state index < -0.39 is 23.6 Å². The van der Waals surface area contributed by atoms with E-state index >= 15 is 0 Å². The Balaban J connectivity index is 2.91. The third-order valence-corrected chi connectivity index (χ3v) is 3.26. The van der Waals surface area contributed by atoms with Crippen molar-refractivity contribution in [2.45, 2.75) is 18.6 Å². The van der Waals surface area contributed by atoms with E-state index in [9.17, 15) is 14.4 Å². The molecule has 7 heteroatoms. The second-order valence-corrected chi connectivity index (χ2v) is 5.00. The topological polar surface area (TPSA) is 90.9 Å². The number of carbonyl (C=O) groups is 3. The normalized spacial score (nSPS) is 12.7. The lowest BCUT2D eigenvalue weighted by Gasteiger charge is -2.27. The van der Waals surface area contributed by atoms with E-state index in [1.165, 1.54) is 26.4 Å². The molecule has 0 saturated heterocycles. The van der Waals surface area contributed by atoms with Gasteiger partial charge in [-0.2, -0.15) is 0 Å². The second-order valence-electron chi connectivity index (χ2n) is 5.00. The summed E-state index contributed by atoms with van der Waals surface area (Å²) in [6.45, 7) is 3.59. The maximum atomic E-state index is 12.2. The molecule has 0 aliphatic heterocycles. The highest BCUT2D eigenvalue weighted by atomic mass is 16.6. The van der Waals surface area contributed by atoms with Gasteiger partial charge in [-0.3, -0.25) is 0 Å². The van der Waals surface area contributed by atoms with Gasteiger partial charge in [0.15, 0.2) is 5.54 Å². The Hall–Kier alpha value is -3.09. The molecule has 0 aromatic heterocycles. The zero-order valence-electron chi connectivity index (χ0n) is 14.2. The van der Waals surface area contributed by atoms with Gasteiger partial charge in [0.25, 0.3) is 0 Å². The number of hydrogen-bond donors (Lipinski definition) is 1. The molecular weight excluding hydrogens is 326 g/mol. The van der Waals surface area contributed by atoms with Crippen LogP contribution in [0.2, 0.25) is 0 Å². The summed E-state index contributed by atoms with van der Waals surface area (Å²) in [5.41, 5.74) is -0.839. The third kappa shape index (κ3) is 6.14. The predicted octanol–water partition coefficient (Wildman–Crippen LogP) is 2.13. The highest BCUT2D eigenvalue weighted by Crippen LogP contribution is 2.17. The van der Waals surface area contributed by atoms with Crippen LogP contribution in [0.4, 0.5) is 4.79 Å². The molecule has 0 spiro atoms. The zero-order valence-corrected chi connectivity index (χ0v) is 14.2. The van der Waals surface area contributed by atoms with Crippen molar-refractivity contribution < 1.29 is 28.6 Å². The molecule has 1 N–H and O–H groups in total. The lowest BCUT2D eigenvalue weighted by atomic mass is 9.94. The lowest BCUT2D eigenvalue weighted by molar-refractivity contribution is -0.146. The van der Waals surface area contributed by atoms with Crippen LogP contribution in [0.1, 0.15) is 12.0 Å². The van der Waals surface area contributed by atoms with Gasteiger partial charge in [-0.15, -0.1) is 6.58 Å². The number of esters is 2. The summed E-state index contributed by atoms with van der Waals surface area (Å²) >= 11 is 0. The van der Waals surface area contributed by atoms with Crippen LogP contribution in [0.25, 0.3) is 0 Å². The summed E-state index contributed by atoms with van der Waals surface area (Å²) in [6.07, 6.45) is 2.78. The molecule has 0 bridgehead atoms. The van der Waals surface area contributed by atoms with E-state index in [1.54, 1.807) is 12.1 Å². The first kappa shape index (κ1) is 20.0. The van der Waals surface area contributed by atoms with Gasteiger partial charge in [-0.25, -0.2) is 14.4 Å². The van der Waals surface area contributed by atoms with Crippen molar-refractivity contribution >= 4 is 18.0 Å². The Kier molecular flexibility index (Phi) is 7.92. The van der Waals surface area contributed by atoms with Gasteiger partial charge < -0.3 is 19.5 Å². The molecule has 0 saturated carbocycles. The summed E-state index contributed by atoms with van der Waals surface area (Å²) in [5.74, 6) is -1.46. The highest BCUT2D eigenvalue weighted by molar-refractivity contribution is 5.91. The van der Waals surface area contributed by atoms with E-state index in [4.69, 9.17) is 9.47 Å². The van der Waals surface area contributed by atoms with E-state index in [0.717, 1.165) is 11.6 Å². The maximum Gasteiger partial charge on any atom is 0.408 e. The fraction of sp³-hybridized carbons (Fsp3) is 0.278. The van der Waals surface area contributed by atoms with Crippen molar-refractivity contribution in [2.75, 3.05) is 14.2 Å². The SMILES string of the molecule is C=CC[C@@](C=CC(=O)OC)(NC(=O)OCc1ccccc1)C(=O)OC. The smallest absolute Gasteiger partial charge is 0.408 e. The van der Waals surface area contributed by atoms with Crippen LogP contribution in [0.5, 0.6) is 0 Å². The fourth-order valence-corrected chi connectivity index (χ4v) is 1.99. The second kappa shape index (κ2) is 9.92. The molecule has 0 radical (unpaired) electrons. The molecule has 0 aliphatic carbocycles. The number of hydrogen-bond acceptors (Lipinski definition) is 6. The minimum atomic E-state index is -1.63. The lowest BCUT2D eigenvalue weighted by Crippen LogP contribution is -2.53. The number of alkyl carbamates (subject to hydrolysis) is 1. The molecule has 0 heterocycles. The molecule has 134 valence electrons. The minimum Gasteiger partial charge on any atom is -0.467 e. The number of nitrogens with one attached hydrogen (secondary N) is 1. The van der Waals surface area contributed by atoms with E-state index in [1.807, 2.05) is 18.2 Å². The molecule has 0 fully saturated rings. The Morgan fingerprint density at radius 2 is 1.84 bits per heavy atom. The van der Waals surface area contributed by atoms with Crippen LogP contribution in [0.3, 0.4) is 0 Å². The average molecular weight is 347 g/mol. The first-order valence-corrected chi connectivity index (χ1v) is 7.42. The first-order chi connectivity index (χ1) is 12.0. The molecule has 1 aromatic rings. The number of methoxy groups -OCH3 is 2. The molecule has 1 aromatic carbocycles. The largest absolute Gasteiger partial charge is 0.467 e. The molecule has 1 atom stereocenters. The quantitative estimate of drug-likeness (QED) is 0.335. The van der Waals surface area contributed by atoms with Gasteiger partial charge in [0.2, 0.25) is 0 Å². The molecule has 7 nitrogen and oxygen atoms in total. The Morgan fingerprint density at radius 1 is 1.16 bits per heavy atom. The van der Waals surface area contributed by atoms with Gasteiger partial charge >= 0.3 is 18.0 Å². The van der Waals surface area contributed by atoms with Crippen LogP contribution in [0, 0.1) is 0 Å². The summed E-state index contributed by atoms with van der Waals surface area (Å²) in [4.78, 5) is 35.6. The van der Waals surface area contributed by atoms with E-state index in [-0.39, 0.29) is 13.0 Å². The van der Waals surface area contributed by atoms with E-state index in [0.29, 0.717) is 0 Å². The van der Waals surface area contributed by atoms with Crippen molar-refractivity contribution in [3.05, 3.63) is 60.7 Å². The predicted molar refractivity (Wildman–Crippen MR) is 90.5 cm³/mol. The standard InChI is InChI=1S/C18H21NO6/c1-4-11-18(16(21)24-3,12-10-15(20)23-2)19-17(22)25-13-14-8-6-5-7-9-14/h4-10,12H,1,11,13H2,2-3H3,(H,19,22)/t18-/m0/s1. The molecule has 1 amide bonds. The van der Waals surface area contributed by atoms with Crippen LogP contribution in [0.15, 0.2) is 55.1 Å². The molecular formula is C18H21NO6. The Bertz CT molecular complexity index is 640. The van der Waals surface area contributed by atoms with Crippen LogP contribution < -0.4 is 5.32 Å². The van der Waals surface area contributed by atoms with Gasteiger partial charge in [0, 0.05) is 12.5 Å².